The molecule has 0 radical (unpaired) electrons. The minimum Gasteiger partial charge on any atom is -0.296 e. The fourth-order valence-corrected chi connectivity index (χ4v) is 2.72. The molecule has 0 aliphatic carbocycles. The van der Waals surface area contributed by atoms with Crippen LogP contribution < -0.4 is 5.32 Å². The first-order chi connectivity index (χ1) is 9.24. The SMILES string of the molecule is CCCCCCCCCCCCC1CC(=O)NC1=O. The summed E-state index contributed by atoms with van der Waals surface area (Å²) in [6.07, 6.45) is 14.4. The molecule has 0 saturated carbocycles. The Hall–Kier alpha value is -0.860. The summed E-state index contributed by atoms with van der Waals surface area (Å²) in [6, 6.07) is 0. The van der Waals surface area contributed by atoms with Gasteiger partial charge in [-0.1, -0.05) is 71.1 Å². The summed E-state index contributed by atoms with van der Waals surface area (Å²) in [5.41, 5.74) is 0. The van der Waals surface area contributed by atoms with Gasteiger partial charge < -0.3 is 0 Å². The maximum Gasteiger partial charge on any atom is 0.230 e. The maximum atomic E-state index is 11.3. The molecule has 1 rings (SSSR count). The number of unbranched alkanes of at least 4 members (excludes halogenated alkanes) is 9. The van der Waals surface area contributed by atoms with Gasteiger partial charge in [0.25, 0.3) is 0 Å². The molecule has 0 aromatic rings. The number of rotatable bonds is 11. The van der Waals surface area contributed by atoms with Gasteiger partial charge in [-0.3, -0.25) is 14.9 Å². The predicted octanol–water partition coefficient (Wildman–Crippen LogP) is 3.96. The number of hydrogen-bond acceptors (Lipinski definition) is 2. The third-order valence-electron chi connectivity index (χ3n) is 3.97. The lowest BCUT2D eigenvalue weighted by molar-refractivity contribution is -0.125. The third-order valence-corrected chi connectivity index (χ3v) is 3.97. The highest BCUT2D eigenvalue weighted by atomic mass is 16.2. The smallest absolute Gasteiger partial charge is 0.230 e. The van der Waals surface area contributed by atoms with Crippen molar-refractivity contribution >= 4 is 11.8 Å². The lowest BCUT2D eigenvalue weighted by Gasteiger charge is -2.05. The van der Waals surface area contributed by atoms with Crippen molar-refractivity contribution in [3.05, 3.63) is 0 Å². The summed E-state index contributed by atoms with van der Waals surface area (Å²) in [7, 11) is 0. The molecule has 0 aromatic carbocycles. The summed E-state index contributed by atoms with van der Waals surface area (Å²) in [5, 5.41) is 2.37. The van der Waals surface area contributed by atoms with Crippen molar-refractivity contribution in [2.45, 2.75) is 84.0 Å². The van der Waals surface area contributed by atoms with Crippen LogP contribution in [-0.4, -0.2) is 11.8 Å². The molecule has 1 fully saturated rings. The van der Waals surface area contributed by atoms with Crippen LogP contribution in [0.5, 0.6) is 0 Å². The van der Waals surface area contributed by atoms with E-state index in [9.17, 15) is 9.59 Å². The van der Waals surface area contributed by atoms with Gasteiger partial charge in [-0.25, -0.2) is 0 Å². The minimum absolute atomic E-state index is 0.0402. The molecular formula is C16H29NO2. The van der Waals surface area contributed by atoms with E-state index < -0.39 is 0 Å². The van der Waals surface area contributed by atoms with E-state index in [2.05, 4.69) is 12.2 Å². The molecule has 0 spiro atoms. The molecule has 1 heterocycles. The normalized spacial score (nSPS) is 18.9. The second-order valence-corrected chi connectivity index (χ2v) is 5.78. The summed E-state index contributed by atoms with van der Waals surface area (Å²) >= 11 is 0. The lowest BCUT2D eigenvalue weighted by atomic mass is 9.98. The van der Waals surface area contributed by atoms with Crippen LogP contribution in [0.3, 0.4) is 0 Å². The number of nitrogens with one attached hydrogen (secondary N) is 1. The zero-order valence-electron chi connectivity index (χ0n) is 12.4. The van der Waals surface area contributed by atoms with Gasteiger partial charge in [0.05, 0.1) is 0 Å². The van der Waals surface area contributed by atoms with Crippen molar-refractivity contribution in [3.8, 4) is 0 Å². The molecule has 19 heavy (non-hydrogen) atoms. The second-order valence-electron chi connectivity index (χ2n) is 5.78. The van der Waals surface area contributed by atoms with Gasteiger partial charge in [0.2, 0.25) is 11.8 Å². The molecule has 1 saturated heterocycles. The van der Waals surface area contributed by atoms with Crippen molar-refractivity contribution in [1.29, 1.82) is 0 Å². The molecule has 1 aliphatic heterocycles. The Morgan fingerprint density at radius 1 is 0.895 bits per heavy atom. The van der Waals surface area contributed by atoms with Gasteiger partial charge >= 0.3 is 0 Å². The average Bonchev–Trinajstić information content (AvgIpc) is 2.70. The molecule has 1 unspecified atom stereocenters. The summed E-state index contributed by atoms with van der Waals surface area (Å²) in [4.78, 5) is 22.4. The zero-order valence-corrected chi connectivity index (χ0v) is 12.4. The van der Waals surface area contributed by atoms with Crippen LogP contribution in [0.15, 0.2) is 0 Å². The van der Waals surface area contributed by atoms with Crippen LogP contribution in [0.1, 0.15) is 84.0 Å². The number of carbonyl (C=O) groups excluding carboxylic acids is 2. The first-order valence-electron chi connectivity index (χ1n) is 8.07. The van der Waals surface area contributed by atoms with E-state index in [0.717, 1.165) is 12.8 Å². The molecule has 110 valence electrons. The largest absolute Gasteiger partial charge is 0.296 e. The Morgan fingerprint density at radius 2 is 1.42 bits per heavy atom. The first kappa shape index (κ1) is 16.2. The fourth-order valence-electron chi connectivity index (χ4n) is 2.72. The number of hydrogen-bond donors (Lipinski definition) is 1. The Bertz CT molecular complexity index is 276. The highest BCUT2D eigenvalue weighted by Crippen LogP contribution is 2.19. The highest BCUT2D eigenvalue weighted by Gasteiger charge is 2.29. The summed E-state index contributed by atoms with van der Waals surface area (Å²) in [6.45, 7) is 2.25. The molecular weight excluding hydrogens is 238 g/mol. The minimum atomic E-state index is -0.0953. The van der Waals surface area contributed by atoms with E-state index in [0.29, 0.717) is 6.42 Å². The fraction of sp³-hybridized carbons (Fsp3) is 0.875. The summed E-state index contributed by atoms with van der Waals surface area (Å²) in [5.74, 6) is -0.190. The molecule has 2 amide bonds. The van der Waals surface area contributed by atoms with Crippen molar-refractivity contribution in [3.63, 3.8) is 0 Å². The topological polar surface area (TPSA) is 46.2 Å². The number of amides is 2. The Labute approximate surface area is 117 Å². The predicted molar refractivity (Wildman–Crippen MR) is 77.7 cm³/mol. The van der Waals surface area contributed by atoms with Gasteiger partial charge in [-0.05, 0) is 6.42 Å². The van der Waals surface area contributed by atoms with Gasteiger partial charge in [0, 0.05) is 12.3 Å². The lowest BCUT2D eigenvalue weighted by Crippen LogP contribution is -2.21. The molecule has 3 nitrogen and oxygen atoms in total. The molecule has 1 atom stereocenters. The van der Waals surface area contributed by atoms with E-state index >= 15 is 0 Å². The molecule has 1 aliphatic rings. The van der Waals surface area contributed by atoms with Crippen molar-refractivity contribution in [1.82, 2.24) is 5.32 Å². The molecule has 0 aromatic heterocycles. The average molecular weight is 267 g/mol. The Balaban J connectivity index is 1.84. The third kappa shape index (κ3) is 7.34. The molecule has 3 heteroatoms. The van der Waals surface area contributed by atoms with Crippen molar-refractivity contribution < 1.29 is 9.59 Å². The van der Waals surface area contributed by atoms with Crippen LogP contribution in [0, 0.1) is 5.92 Å². The van der Waals surface area contributed by atoms with E-state index in [1.807, 2.05) is 0 Å². The van der Waals surface area contributed by atoms with Gasteiger partial charge in [0.15, 0.2) is 0 Å². The number of imide groups is 1. The van der Waals surface area contributed by atoms with Crippen LogP contribution in [0.2, 0.25) is 0 Å². The second kappa shape index (κ2) is 9.99. The van der Waals surface area contributed by atoms with Crippen LogP contribution >= 0.6 is 0 Å². The van der Waals surface area contributed by atoms with Gasteiger partial charge in [-0.15, -0.1) is 0 Å². The quantitative estimate of drug-likeness (QED) is 0.455. The van der Waals surface area contributed by atoms with Gasteiger partial charge in [-0.2, -0.15) is 0 Å². The van der Waals surface area contributed by atoms with Crippen molar-refractivity contribution in [2.75, 3.05) is 0 Å². The monoisotopic (exact) mass is 267 g/mol. The summed E-state index contributed by atoms with van der Waals surface area (Å²) < 4.78 is 0. The Morgan fingerprint density at radius 3 is 1.89 bits per heavy atom. The van der Waals surface area contributed by atoms with Gasteiger partial charge in [0.1, 0.15) is 0 Å². The standard InChI is InChI=1S/C16H29NO2/c1-2-3-4-5-6-7-8-9-10-11-12-14-13-15(18)17-16(14)19/h14H,2-13H2,1H3,(H,17,18,19). The number of carbonyl (C=O) groups is 2. The van der Waals surface area contributed by atoms with E-state index in [-0.39, 0.29) is 17.7 Å². The van der Waals surface area contributed by atoms with Crippen LogP contribution in [0.4, 0.5) is 0 Å². The molecule has 0 bridgehead atoms. The molecule has 1 N–H and O–H groups in total. The van der Waals surface area contributed by atoms with E-state index in [4.69, 9.17) is 0 Å². The van der Waals surface area contributed by atoms with E-state index in [1.165, 1.54) is 57.8 Å². The first-order valence-corrected chi connectivity index (χ1v) is 8.07. The zero-order chi connectivity index (χ0) is 13.9. The maximum absolute atomic E-state index is 11.3. The highest BCUT2D eigenvalue weighted by molar-refractivity contribution is 6.03. The van der Waals surface area contributed by atoms with E-state index in [1.54, 1.807) is 0 Å². The van der Waals surface area contributed by atoms with Crippen LogP contribution in [-0.2, 0) is 9.59 Å². The van der Waals surface area contributed by atoms with Crippen molar-refractivity contribution in [2.24, 2.45) is 5.92 Å². The Kier molecular flexibility index (Phi) is 8.52. The van der Waals surface area contributed by atoms with Crippen LogP contribution in [0.25, 0.3) is 0 Å².